The molecular formula is C13H28N2. The number of hydrogen-bond donors (Lipinski definition) is 1. The SMILES string of the molecule is CC(C)CNCCCCN1CCCCC1. The standard InChI is InChI=1S/C13H28N2/c1-13(2)12-14-8-4-7-11-15-9-5-3-6-10-15/h13-14H,3-12H2,1-2H3. The summed E-state index contributed by atoms with van der Waals surface area (Å²) in [5, 5.41) is 3.50. The van der Waals surface area contributed by atoms with E-state index in [0.717, 1.165) is 5.92 Å². The topological polar surface area (TPSA) is 15.3 Å². The molecule has 0 spiro atoms. The largest absolute Gasteiger partial charge is 0.316 e. The smallest absolute Gasteiger partial charge is 0.00183 e. The van der Waals surface area contributed by atoms with Gasteiger partial charge in [0, 0.05) is 0 Å². The summed E-state index contributed by atoms with van der Waals surface area (Å²) >= 11 is 0. The molecule has 1 aliphatic heterocycles. The van der Waals surface area contributed by atoms with Gasteiger partial charge >= 0.3 is 0 Å². The van der Waals surface area contributed by atoms with Gasteiger partial charge in [0.15, 0.2) is 0 Å². The number of hydrogen-bond acceptors (Lipinski definition) is 2. The van der Waals surface area contributed by atoms with Crippen LogP contribution in [0.3, 0.4) is 0 Å². The molecule has 1 rings (SSSR count). The van der Waals surface area contributed by atoms with Crippen LogP contribution in [-0.2, 0) is 0 Å². The van der Waals surface area contributed by atoms with E-state index in [0.29, 0.717) is 0 Å². The van der Waals surface area contributed by atoms with Gasteiger partial charge in [0.05, 0.1) is 0 Å². The maximum absolute atomic E-state index is 3.50. The van der Waals surface area contributed by atoms with E-state index < -0.39 is 0 Å². The van der Waals surface area contributed by atoms with Crippen LogP contribution in [-0.4, -0.2) is 37.6 Å². The van der Waals surface area contributed by atoms with Crippen LogP contribution in [0.1, 0.15) is 46.0 Å². The first-order chi connectivity index (χ1) is 7.29. The molecule has 0 aromatic rings. The lowest BCUT2D eigenvalue weighted by molar-refractivity contribution is 0.224. The van der Waals surface area contributed by atoms with Crippen molar-refractivity contribution >= 4 is 0 Å². The van der Waals surface area contributed by atoms with Gasteiger partial charge in [-0.3, -0.25) is 0 Å². The number of rotatable bonds is 7. The van der Waals surface area contributed by atoms with E-state index in [9.17, 15) is 0 Å². The van der Waals surface area contributed by atoms with Crippen molar-refractivity contribution in [1.29, 1.82) is 0 Å². The van der Waals surface area contributed by atoms with Crippen molar-refractivity contribution in [3.63, 3.8) is 0 Å². The van der Waals surface area contributed by atoms with E-state index in [-0.39, 0.29) is 0 Å². The third kappa shape index (κ3) is 6.91. The van der Waals surface area contributed by atoms with Crippen molar-refractivity contribution in [2.45, 2.75) is 46.0 Å². The van der Waals surface area contributed by atoms with Gasteiger partial charge < -0.3 is 10.2 Å². The summed E-state index contributed by atoms with van der Waals surface area (Å²) < 4.78 is 0. The Balaban J connectivity index is 1.83. The predicted molar refractivity (Wildman–Crippen MR) is 67.2 cm³/mol. The van der Waals surface area contributed by atoms with Gasteiger partial charge in [0.2, 0.25) is 0 Å². The minimum absolute atomic E-state index is 0.784. The van der Waals surface area contributed by atoms with E-state index in [1.165, 1.54) is 64.8 Å². The van der Waals surface area contributed by atoms with Gasteiger partial charge in [-0.1, -0.05) is 20.3 Å². The Morgan fingerprint density at radius 2 is 1.80 bits per heavy atom. The molecule has 1 saturated heterocycles. The van der Waals surface area contributed by atoms with Crippen molar-refractivity contribution in [1.82, 2.24) is 10.2 Å². The fraction of sp³-hybridized carbons (Fsp3) is 1.00. The lowest BCUT2D eigenvalue weighted by Crippen LogP contribution is -2.31. The summed E-state index contributed by atoms with van der Waals surface area (Å²) in [5.74, 6) is 0.784. The lowest BCUT2D eigenvalue weighted by Gasteiger charge is -2.26. The number of nitrogens with zero attached hydrogens (tertiary/aromatic N) is 1. The van der Waals surface area contributed by atoms with Crippen LogP contribution in [0, 0.1) is 5.92 Å². The molecule has 1 fully saturated rings. The zero-order chi connectivity index (χ0) is 10.9. The summed E-state index contributed by atoms with van der Waals surface area (Å²) in [6.07, 6.45) is 7.00. The average Bonchev–Trinajstić information content (AvgIpc) is 2.24. The zero-order valence-corrected chi connectivity index (χ0v) is 10.6. The van der Waals surface area contributed by atoms with Crippen LogP contribution >= 0.6 is 0 Å². The highest BCUT2D eigenvalue weighted by molar-refractivity contribution is 4.64. The average molecular weight is 212 g/mol. The first kappa shape index (κ1) is 13.0. The molecule has 0 bridgehead atoms. The van der Waals surface area contributed by atoms with E-state index in [1.807, 2.05) is 0 Å². The van der Waals surface area contributed by atoms with Gasteiger partial charge in [-0.2, -0.15) is 0 Å². The van der Waals surface area contributed by atoms with Crippen molar-refractivity contribution in [2.75, 3.05) is 32.7 Å². The van der Waals surface area contributed by atoms with Crippen molar-refractivity contribution in [2.24, 2.45) is 5.92 Å². The molecule has 1 N–H and O–H groups in total. The van der Waals surface area contributed by atoms with Gasteiger partial charge in [0.25, 0.3) is 0 Å². The molecule has 15 heavy (non-hydrogen) atoms. The molecule has 2 nitrogen and oxygen atoms in total. The van der Waals surface area contributed by atoms with Crippen LogP contribution < -0.4 is 5.32 Å². The molecule has 1 heterocycles. The summed E-state index contributed by atoms with van der Waals surface area (Å²) in [6, 6.07) is 0. The second-order valence-corrected chi connectivity index (χ2v) is 5.21. The minimum atomic E-state index is 0.784. The number of piperidine rings is 1. The Kier molecular flexibility index (Phi) is 7.03. The van der Waals surface area contributed by atoms with Crippen molar-refractivity contribution < 1.29 is 0 Å². The summed E-state index contributed by atoms with van der Waals surface area (Å²) in [4.78, 5) is 2.63. The number of likely N-dealkylation sites (tertiary alicyclic amines) is 1. The highest BCUT2D eigenvalue weighted by Gasteiger charge is 2.08. The molecular weight excluding hydrogens is 184 g/mol. The summed E-state index contributed by atoms with van der Waals surface area (Å²) in [7, 11) is 0. The maximum Gasteiger partial charge on any atom is -0.00183 e. The van der Waals surface area contributed by atoms with Crippen LogP contribution in [0.5, 0.6) is 0 Å². The molecule has 0 saturated carbocycles. The van der Waals surface area contributed by atoms with Crippen molar-refractivity contribution in [3.8, 4) is 0 Å². The maximum atomic E-state index is 3.50. The Morgan fingerprint density at radius 1 is 1.07 bits per heavy atom. The molecule has 0 aromatic carbocycles. The van der Waals surface area contributed by atoms with E-state index in [4.69, 9.17) is 0 Å². The lowest BCUT2D eigenvalue weighted by atomic mass is 10.1. The van der Waals surface area contributed by atoms with E-state index >= 15 is 0 Å². The first-order valence-corrected chi connectivity index (χ1v) is 6.72. The quantitative estimate of drug-likeness (QED) is 0.652. The molecule has 0 aliphatic carbocycles. The van der Waals surface area contributed by atoms with E-state index in [2.05, 4.69) is 24.1 Å². The highest BCUT2D eigenvalue weighted by Crippen LogP contribution is 2.09. The third-order valence-electron chi connectivity index (χ3n) is 3.08. The van der Waals surface area contributed by atoms with Crippen LogP contribution in [0.15, 0.2) is 0 Å². The molecule has 0 aromatic heterocycles. The van der Waals surface area contributed by atoms with Crippen molar-refractivity contribution in [3.05, 3.63) is 0 Å². The highest BCUT2D eigenvalue weighted by atomic mass is 15.1. The molecule has 2 heteroatoms. The fourth-order valence-corrected chi connectivity index (χ4v) is 2.16. The Hall–Kier alpha value is -0.0800. The molecule has 1 aliphatic rings. The molecule has 90 valence electrons. The predicted octanol–water partition coefficient (Wildman–Crippen LogP) is 2.50. The second-order valence-electron chi connectivity index (χ2n) is 5.21. The third-order valence-corrected chi connectivity index (χ3v) is 3.08. The number of nitrogens with one attached hydrogen (secondary N) is 1. The monoisotopic (exact) mass is 212 g/mol. The van der Waals surface area contributed by atoms with Gasteiger partial charge in [0.1, 0.15) is 0 Å². The number of unbranched alkanes of at least 4 members (excludes halogenated alkanes) is 1. The van der Waals surface area contributed by atoms with E-state index in [1.54, 1.807) is 0 Å². The summed E-state index contributed by atoms with van der Waals surface area (Å²) in [5.41, 5.74) is 0. The molecule has 0 atom stereocenters. The second kappa shape index (κ2) is 8.12. The normalized spacial score (nSPS) is 18.6. The van der Waals surface area contributed by atoms with Gasteiger partial charge in [-0.25, -0.2) is 0 Å². The molecule has 0 radical (unpaired) electrons. The molecule has 0 unspecified atom stereocenters. The summed E-state index contributed by atoms with van der Waals surface area (Å²) in [6.45, 7) is 10.9. The Labute approximate surface area is 95.4 Å². The molecule has 0 amide bonds. The zero-order valence-electron chi connectivity index (χ0n) is 10.6. The van der Waals surface area contributed by atoms with Crippen LogP contribution in [0.4, 0.5) is 0 Å². The minimum Gasteiger partial charge on any atom is -0.316 e. The van der Waals surface area contributed by atoms with Gasteiger partial charge in [-0.05, 0) is 64.3 Å². The Morgan fingerprint density at radius 3 is 2.47 bits per heavy atom. The first-order valence-electron chi connectivity index (χ1n) is 6.72. The van der Waals surface area contributed by atoms with Crippen LogP contribution in [0.2, 0.25) is 0 Å². The van der Waals surface area contributed by atoms with Gasteiger partial charge in [-0.15, -0.1) is 0 Å². The Bertz CT molecular complexity index is 139. The van der Waals surface area contributed by atoms with Crippen LogP contribution in [0.25, 0.3) is 0 Å². The fourth-order valence-electron chi connectivity index (χ4n) is 2.16.